The third kappa shape index (κ3) is 24.6. The number of nitrogens with one attached hydrogen (secondary N) is 1. The van der Waals surface area contributed by atoms with Crippen LogP contribution < -0.4 is 38.1 Å². The molecule has 5 N–H and O–H groups in total. The highest BCUT2D eigenvalue weighted by atomic mass is 79.9. The summed E-state index contributed by atoms with van der Waals surface area (Å²) in [5.41, 5.74) is 9.24. The van der Waals surface area contributed by atoms with Crippen LogP contribution in [0.5, 0.6) is 0 Å². The molecular weight excluding hydrogens is 1760 g/mol. The minimum atomic E-state index is -1.01. The van der Waals surface area contributed by atoms with Gasteiger partial charge in [0.2, 0.25) is 0 Å². The largest absolute Gasteiger partial charge is 0.496 e. The van der Waals surface area contributed by atoms with Crippen molar-refractivity contribution in [2.75, 3.05) is 42.7 Å². The highest BCUT2D eigenvalue weighted by molar-refractivity contribution is 9.10. The molecule has 3 fully saturated rings. The molecule has 0 atom stereocenters. The number of aromatic nitrogens is 15. The van der Waals surface area contributed by atoms with Crippen molar-refractivity contribution in [1.29, 1.82) is 0 Å². The number of hydrogen-bond donors (Lipinski definition) is 4. The van der Waals surface area contributed by atoms with Gasteiger partial charge in [0, 0.05) is 140 Å². The van der Waals surface area contributed by atoms with Gasteiger partial charge < -0.3 is 62.4 Å². The lowest BCUT2D eigenvalue weighted by Crippen LogP contribution is -2.44. The lowest BCUT2D eigenvalue weighted by molar-refractivity contribution is -0.114. The van der Waals surface area contributed by atoms with Gasteiger partial charge >= 0.3 is 14.1 Å². The normalized spacial score (nSPS) is 14.8. The average molecular weight is 1860 g/mol. The molecule has 3 aliphatic heterocycles. The van der Waals surface area contributed by atoms with E-state index in [0.29, 0.717) is 60.7 Å². The Morgan fingerprint density at radius 3 is 1.29 bits per heavy atom. The molecule has 0 bridgehead atoms. The highest BCUT2D eigenvalue weighted by Crippen LogP contribution is 2.38. The van der Waals surface area contributed by atoms with Gasteiger partial charge in [-0.25, -0.2) is 70.6 Å². The van der Waals surface area contributed by atoms with Gasteiger partial charge in [-0.15, -0.1) is 11.6 Å². The molecule has 0 amide bonds. The fourth-order valence-electron chi connectivity index (χ4n) is 12.0. The zero-order valence-electron chi connectivity index (χ0n) is 72.5. The Morgan fingerprint density at radius 1 is 0.520 bits per heavy atom. The molecule has 2 radical (unpaired) electrons. The number of carbonyl (C=O) groups excluding carboxylic acids is 1. The number of fused-ring (bicyclic) bond motifs is 7. The first kappa shape index (κ1) is 97.9. The van der Waals surface area contributed by atoms with Crippen molar-refractivity contribution in [2.24, 2.45) is 0 Å². The molecule has 127 heavy (non-hydrogen) atoms. The van der Waals surface area contributed by atoms with Crippen LogP contribution in [0.1, 0.15) is 113 Å². The van der Waals surface area contributed by atoms with E-state index in [1.807, 2.05) is 94.5 Å². The number of aliphatic hydroxyl groups is 2. The van der Waals surface area contributed by atoms with E-state index < -0.39 is 76.7 Å². The molecule has 0 saturated carbocycles. The Hall–Kier alpha value is -11.3. The smallest absolute Gasteiger partial charge is 0.411 e. The van der Waals surface area contributed by atoms with Crippen molar-refractivity contribution in [3.63, 3.8) is 0 Å². The van der Waals surface area contributed by atoms with E-state index in [4.69, 9.17) is 65.5 Å². The summed E-state index contributed by atoms with van der Waals surface area (Å²) in [6.45, 7) is 34.4. The molecule has 0 unspecified atom stereocenters. The van der Waals surface area contributed by atoms with Crippen LogP contribution in [0.15, 0.2) is 184 Å². The number of nitrogens with zero attached hydrogens (tertiary/aromatic N) is 16. The number of Topliss-reactive ketones (excluding diaryl/α,β-unsaturated/α-hetero) is 1. The van der Waals surface area contributed by atoms with E-state index >= 15 is 0 Å². The Kier molecular flexibility index (Phi) is 30.8. The number of nitrogen functional groups attached to an aromatic ring is 1. The quantitative estimate of drug-likeness (QED) is 0.0520. The highest BCUT2D eigenvalue weighted by Gasteiger charge is 2.52. The minimum Gasteiger partial charge on any atom is -0.411 e. The van der Waals surface area contributed by atoms with Gasteiger partial charge in [-0.1, -0.05) is 11.6 Å². The van der Waals surface area contributed by atoms with E-state index in [-0.39, 0.29) is 68.0 Å². The number of hydrogen-bond acceptors (Lipinski definition) is 21. The van der Waals surface area contributed by atoms with E-state index in [1.54, 1.807) is 102 Å². The van der Waals surface area contributed by atoms with Crippen molar-refractivity contribution in [3.05, 3.63) is 270 Å². The minimum absolute atomic E-state index is 0.0201. The second kappa shape index (κ2) is 40.0. The summed E-state index contributed by atoms with van der Waals surface area (Å²) in [6, 6.07) is 21.1. The summed E-state index contributed by atoms with van der Waals surface area (Å²) in [4.78, 5) is 80.6. The number of ketones is 1. The predicted octanol–water partition coefficient (Wildman–Crippen LogP) is 13.5. The molecular formula is C86H93B3BrCl2F7N18O10. The molecule has 666 valence electrons. The van der Waals surface area contributed by atoms with E-state index in [1.165, 1.54) is 90.3 Å². The zero-order chi connectivity index (χ0) is 93.5. The van der Waals surface area contributed by atoms with Gasteiger partial charge in [-0.05, 0) is 206 Å². The van der Waals surface area contributed by atoms with E-state index in [2.05, 4.69) is 66.0 Å². The van der Waals surface area contributed by atoms with Crippen molar-refractivity contribution in [1.82, 2.24) is 76.0 Å². The topological polar surface area (TPSA) is 321 Å². The Morgan fingerprint density at radius 2 is 0.898 bits per heavy atom. The average Bonchev–Trinajstić information content (AvgIpc) is 1.65. The maximum atomic E-state index is 14.4. The zero-order valence-corrected chi connectivity index (χ0v) is 75.6. The number of piperazine rings is 1. The Labute approximate surface area is 745 Å². The number of rotatable bonds is 6. The number of aryl methyl sites for hydroxylation is 4. The number of imidazole rings is 4. The van der Waals surface area contributed by atoms with Crippen LogP contribution in [0, 0.1) is 68.4 Å². The van der Waals surface area contributed by atoms with E-state index in [0.717, 1.165) is 76.2 Å². The molecule has 41 heteroatoms. The van der Waals surface area contributed by atoms with Crippen LogP contribution in [0.4, 0.5) is 42.2 Å². The second-order valence-electron chi connectivity index (χ2n) is 32.7. The number of carbonyl (C=O) groups is 1. The monoisotopic (exact) mass is 1850 g/mol. The SMILES string of the molecule is CC(=O)CCl.CC(C)(O)C(C)(C)O.Cc1cn2cc(-c3cc(=O)n4cc(F)ccc4n3)cc(F)c2n1.Cc1cn2cc(-c3cc(=O)n4cc(N5CCNCC5)ccc4n3)cc(F)c2n1.Cc1cn2cc(B3OC(C)(C)C(C)(C)O3)cc(F)c2n1.Cc1cn2cc(Br)cc(F)c2n1.Nc1ncccc1F.O=c1cc(Cl)nc2ccc(F)cn12.[B]B1OC(C)(C)C(C)(C)O1. The van der Waals surface area contributed by atoms with Gasteiger partial charge in [0.15, 0.2) is 57.5 Å². The van der Waals surface area contributed by atoms with Gasteiger partial charge in [0.05, 0.1) is 79.3 Å². The summed E-state index contributed by atoms with van der Waals surface area (Å²) in [5.74, 6) is -3.00. The molecule has 0 spiro atoms. The van der Waals surface area contributed by atoms with Crippen molar-refractivity contribution >= 4 is 123 Å². The number of pyridine rings is 8. The number of halogens is 10. The van der Waals surface area contributed by atoms with Crippen LogP contribution >= 0.6 is 39.1 Å². The maximum absolute atomic E-state index is 14.4. The van der Waals surface area contributed by atoms with Gasteiger partial charge in [-0.3, -0.25) is 32.4 Å². The summed E-state index contributed by atoms with van der Waals surface area (Å²) in [7, 11) is 4.31. The van der Waals surface area contributed by atoms with Crippen molar-refractivity contribution in [2.45, 2.75) is 151 Å². The molecule has 0 aliphatic carbocycles. The van der Waals surface area contributed by atoms with Crippen LogP contribution in [-0.2, 0) is 23.4 Å². The number of anilines is 2. The molecule has 15 aromatic heterocycles. The standard InChI is InChI=1S/C20H19FN6O.C16H10F2N4O.C14H18BFN2O2.C8H6BrFN2.C8H4ClFN2O.C6H12B2O2.C6H14O2.C5H5FN2.C3H5ClO/c1-13-10-26-11-14(8-16(21)20(26)23-13)17-9-19(28)27-12-15(2-3-18(27)24-17)25-6-4-22-5-7-25;1-9-6-21-7-10(4-12(18)16(21)19-9)13-5-15(23)22-8-11(17)2-3-14(22)20-13;1-9-7-18-8-10(6-11(16)12(18)17-9)15-19-13(2,3)14(4,5)20-15;1-5-3-12-4-6(9)2-7(10)8(12)11-5;9-6-3-8(13)12-4-5(10)1-2-7(12)11-6;1-5(2)6(3,4)10-8(7)9-5;1-5(2,7)6(3,4)8;6-4-2-1-3-8-5(4)7;1-3(5)2-4/h2-3,8-12,22H,4-7H2,1H3;2-8H,1H3;6-8H,1-5H3;2-4H,1H3;1-4H;1-4H3;7-8H,1-4H3;1-3H,(H2,7,8);2H2,1H3. The van der Waals surface area contributed by atoms with Crippen LogP contribution in [0.2, 0.25) is 5.15 Å². The van der Waals surface area contributed by atoms with E-state index in [9.17, 15) is 49.9 Å². The molecule has 18 rings (SSSR count). The third-order valence-electron chi connectivity index (χ3n) is 20.7. The lowest BCUT2D eigenvalue weighted by atomic mass is 9.63. The van der Waals surface area contributed by atoms with Crippen LogP contribution in [0.3, 0.4) is 0 Å². The summed E-state index contributed by atoms with van der Waals surface area (Å²) < 4.78 is 127. The molecule has 18 heterocycles. The van der Waals surface area contributed by atoms with Crippen molar-refractivity contribution < 1.29 is 64.4 Å². The van der Waals surface area contributed by atoms with Gasteiger partial charge in [-0.2, -0.15) is 0 Å². The summed E-state index contributed by atoms with van der Waals surface area (Å²) >= 11 is 13.7. The lowest BCUT2D eigenvalue weighted by Gasteiger charge is -2.32. The van der Waals surface area contributed by atoms with Gasteiger partial charge in [0.25, 0.3) is 16.7 Å². The fourth-order valence-corrected chi connectivity index (χ4v) is 12.6. The molecule has 15 aromatic rings. The fraction of sp³-hybridized carbons (Fsp3) is 0.326. The van der Waals surface area contributed by atoms with Crippen LogP contribution in [0.25, 0.3) is 62.0 Å². The first-order valence-corrected chi connectivity index (χ1v) is 41.1. The first-order chi connectivity index (χ1) is 59.3. The Bertz CT molecular complexity index is 6650. The molecule has 3 saturated heterocycles. The summed E-state index contributed by atoms with van der Waals surface area (Å²) in [5, 5.41) is 21.6. The molecule has 0 aromatic carbocycles. The van der Waals surface area contributed by atoms with Crippen molar-refractivity contribution in [3.8, 4) is 22.5 Å². The number of nitrogens with two attached hydrogens (primary N) is 1. The molecule has 28 nitrogen and oxygen atoms in total. The third-order valence-corrected chi connectivity index (χ3v) is 21.7. The van der Waals surface area contributed by atoms with Crippen LogP contribution in [-0.4, -0.2) is 174 Å². The maximum Gasteiger partial charge on any atom is 0.496 e. The Balaban J connectivity index is 0.000000156. The number of alkyl halides is 1. The first-order valence-electron chi connectivity index (χ1n) is 39.4. The summed E-state index contributed by atoms with van der Waals surface area (Å²) in [6.07, 6.45) is 19.4. The van der Waals surface area contributed by atoms with Gasteiger partial charge in [0.1, 0.15) is 47.2 Å². The second-order valence-corrected chi connectivity index (χ2v) is 34.2. The molecule has 3 aliphatic rings. The predicted molar refractivity (Wildman–Crippen MR) is 480 cm³/mol.